The van der Waals surface area contributed by atoms with Crippen LogP contribution in [0.4, 0.5) is 0 Å². The first-order chi connectivity index (χ1) is 13.1. The van der Waals surface area contributed by atoms with Crippen molar-refractivity contribution in [2.75, 3.05) is 0 Å². The number of rotatable bonds is 8. The van der Waals surface area contributed by atoms with Crippen LogP contribution in [0.3, 0.4) is 0 Å². The van der Waals surface area contributed by atoms with Crippen LogP contribution in [0.2, 0.25) is 0 Å². The Hall–Kier alpha value is -2.33. The van der Waals surface area contributed by atoms with Crippen molar-refractivity contribution >= 4 is 5.91 Å². The number of nitrogens with one attached hydrogen (secondary N) is 1. The van der Waals surface area contributed by atoms with Gasteiger partial charge in [0.1, 0.15) is 12.4 Å². The molecule has 0 radical (unpaired) electrons. The summed E-state index contributed by atoms with van der Waals surface area (Å²) in [6.07, 6.45) is 4.52. The highest BCUT2D eigenvalue weighted by molar-refractivity contribution is 5.80. The Morgan fingerprint density at radius 2 is 1.78 bits per heavy atom. The number of amides is 1. The number of carbonyl (C=O) groups is 1. The lowest BCUT2D eigenvalue weighted by molar-refractivity contribution is -0.121. The van der Waals surface area contributed by atoms with E-state index in [2.05, 4.69) is 29.6 Å². The first-order valence-electron chi connectivity index (χ1n) is 9.89. The van der Waals surface area contributed by atoms with Crippen LogP contribution in [0.25, 0.3) is 0 Å². The van der Waals surface area contributed by atoms with Crippen LogP contribution in [-0.2, 0) is 30.8 Å². The van der Waals surface area contributed by atoms with E-state index in [1.165, 1.54) is 35.1 Å². The first kappa shape index (κ1) is 19.4. The van der Waals surface area contributed by atoms with E-state index in [1.54, 1.807) is 0 Å². The summed E-state index contributed by atoms with van der Waals surface area (Å²) in [6, 6.07) is 14.2. The van der Waals surface area contributed by atoms with E-state index >= 15 is 0 Å². The molecule has 0 aromatic heterocycles. The SMILES string of the molecule is CC(C)[C@H](NCc1ccc(OCc2ccccc2)c2c1CCCC2)C(N)=O. The highest BCUT2D eigenvalue weighted by atomic mass is 16.5. The maximum atomic E-state index is 11.7. The third-order valence-corrected chi connectivity index (χ3v) is 5.31. The zero-order valence-corrected chi connectivity index (χ0v) is 16.3. The molecule has 0 saturated carbocycles. The van der Waals surface area contributed by atoms with Crippen molar-refractivity contribution in [2.24, 2.45) is 11.7 Å². The van der Waals surface area contributed by atoms with Crippen LogP contribution in [0.15, 0.2) is 42.5 Å². The van der Waals surface area contributed by atoms with E-state index in [1.807, 2.05) is 32.0 Å². The van der Waals surface area contributed by atoms with Crippen LogP contribution in [-0.4, -0.2) is 11.9 Å². The second-order valence-electron chi connectivity index (χ2n) is 7.67. The van der Waals surface area contributed by atoms with E-state index < -0.39 is 0 Å². The average Bonchev–Trinajstić information content (AvgIpc) is 2.67. The van der Waals surface area contributed by atoms with Crippen molar-refractivity contribution in [1.82, 2.24) is 5.32 Å². The minimum Gasteiger partial charge on any atom is -0.489 e. The fourth-order valence-electron chi connectivity index (χ4n) is 3.83. The number of carbonyl (C=O) groups excluding carboxylic acids is 1. The number of nitrogens with two attached hydrogens (primary N) is 1. The minimum atomic E-state index is -0.307. The van der Waals surface area contributed by atoms with Gasteiger partial charge < -0.3 is 15.8 Å². The number of fused-ring (bicyclic) bond motifs is 1. The molecular weight excluding hydrogens is 336 g/mol. The largest absolute Gasteiger partial charge is 0.489 e. The molecule has 0 aliphatic heterocycles. The molecule has 27 heavy (non-hydrogen) atoms. The minimum absolute atomic E-state index is 0.173. The van der Waals surface area contributed by atoms with Gasteiger partial charge in [0.2, 0.25) is 5.91 Å². The molecule has 3 N–H and O–H groups in total. The van der Waals surface area contributed by atoms with Crippen molar-refractivity contribution in [3.05, 3.63) is 64.7 Å². The van der Waals surface area contributed by atoms with Crippen LogP contribution in [0, 0.1) is 5.92 Å². The van der Waals surface area contributed by atoms with Crippen LogP contribution >= 0.6 is 0 Å². The van der Waals surface area contributed by atoms with Crippen LogP contribution < -0.4 is 15.8 Å². The number of hydrogen-bond donors (Lipinski definition) is 2. The quantitative estimate of drug-likeness (QED) is 0.748. The Bertz CT molecular complexity index is 771. The summed E-state index contributed by atoms with van der Waals surface area (Å²) in [5.74, 6) is 0.876. The highest BCUT2D eigenvalue weighted by Crippen LogP contribution is 2.33. The van der Waals surface area contributed by atoms with Gasteiger partial charge in [-0.2, -0.15) is 0 Å². The molecule has 0 heterocycles. The summed E-state index contributed by atoms with van der Waals surface area (Å²) in [7, 11) is 0. The van der Waals surface area contributed by atoms with Crippen molar-refractivity contribution < 1.29 is 9.53 Å². The molecule has 3 rings (SSSR count). The highest BCUT2D eigenvalue weighted by Gasteiger charge is 2.21. The molecule has 2 aromatic carbocycles. The third-order valence-electron chi connectivity index (χ3n) is 5.31. The van der Waals surface area contributed by atoms with Gasteiger partial charge in [0, 0.05) is 6.54 Å². The molecule has 4 nitrogen and oxygen atoms in total. The second kappa shape index (κ2) is 9.05. The smallest absolute Gasteiger partial charge is 0.234 e. The Kier molecular flexibility index (Phi) is 6.51. The zero-order valence-electron chi connectivity index (χ0n) is 16.3. The van der Waals surface area contributed by atoms with Crippen LogP contribution in [0.1, 0.15) is 48.9 Å². The summed E-state index contributed by atoms with van der Waals surface area (Å²) in [5, 5.41) is 3.35. The van der Waals surface area contributed by atoms with Gasteiger partial charge in [-0.25, -0.2) is 0 Å². The number of ether oxygens (including phenoxy) is 1. The van der Waals surface area contributed by atoms with E-state index in [9.17, 15) is 4.79 Å². The zero-order chi connectivity index (χ0) is 19.2. The molecule has 4 heteroatoms. The Morgan fingerprint density at radius 1 is 1.07 bits per heavy atom. The molecule has 0 saturated heterocycles. The van der Waals surface area contributed by atoms with E-state index in [0.717, 1.165) is 18.6 Å². The van der Waals surface area contributed by atoms with E-state index in [-0.39, 0.29) is 17.9 Å². The summed E-state index contributed by atoms with van der Waals surface area (Å²) in [4.78, 5) is 11.7. The lowest BCUT2D eigenvalue weighted by atomic mass is 9.87. The molecular formula is C23H30N2O2. The number of benzene rings is 2. The maximum Gasteiger partial charge on any atom is 0.234 e. The van der Waals surface area contributed by atoms with E-state index in [4.69, 9.17) is 10.5 Å². The average molecular weight is 367 g/mol. The molecule has 2 aromatic rings. The summed E-state index contributed by atoms with van der Waals surface area (Å²) in [5.41, 5.74) is 10.7. The summed E-state index contributed by atoms with van der Waals surface area (Å²) < 4.78 is 6.15. The van der Waals surface area contributed by atoms with E-state index in [0.29, 0.717) is 13.2 Å². The van der Waals surface area contributed by atoms with Gasteiger partial charge in [-0.3, -0.25) is 4.79 Å². The Labute approximate surface area is 162 Å². The third kappa shape index (κ3) is 4.89. The van der Waals surface area contributed by atoms with Gasteiger partial charge in [0.15, 0.2) is 0 Å². The normalized spacial score (nSPS) is 14.6. The number of hydrogen-bond acceptors (Lipinski definition) is 3. The number of primary amides is 1. The Morgan fingerprint density at radius 3 is 2.44 bits per heavy atom. The van der Waals surface area contributed by atoms with Crippen molar-refractivity contribution in [2.45, 2.75) is 58.7 Å². The van der Waals surface area contributed by atoms with Gasteiger partial charge in [-0.05, 0) is 59.9 Å². The van der Waals surface area contributed by atoms with Gasteiger partial charge in [-0.1, -0.05) is 50.2 Å². The van der Waals surface area contributed by atoms with Gasteiger partial charge >= 0.3 is 0 Å². The molecule has 0 fully saturated rings. The predicted molar refractivity (Wildman–Crippen MR) is 109 cm³/mol. The fourth-order valence-corrected chi connectivity index (χ4v) is 3.83. The monoisotopic (exact) mass is 366 g/mol. The van der Waals surface area contributed by atoms with Crippen LogP contribution in [0.5, 0.6) is 5.75 Å². The molecule has 1 aliphatic rings. The first-order valence-corrected chi connectivity index (χ1v) is 9.89. The molecule has 1 aliphatic carbocycles. The lowest BCUT2D eigenvalue weighted by Crippen LogP contribution is -2.44. The molecule has 1 atom stereocenters. The summed E-state index contributed by atoms with van der Waals surface area (Å²) in [6.45, 7) is 5.27. The summed E-state index contributed by atoms with van der Waals surface area (Å²) >= 11 is 0. The predicted octanol–water partition coefficient (Wildman–Crippen LogP) is 3.74. The molecule has 1 amide bonds. The van der Waals surface area contributed by atoms with Gasteiger partial charge in [-0.15, -0.1) is 0 Å². The van der Waals surface area contributed by atoms with Crippen molar-refractivity contribution in [3.63, 3.8) is 0 Å². The molecule has 0 bridgehead atoms. The van der Waals surface area contributed by atoms with Crippen molar-refractivity contribution in [3.8, 4) is 5.75 Å². The van der Waals surface area contributed by atoms with Crippen molar-refractivity contribution in [1.29, 1.82) is 0 Å². The topological polar surface area (TPSA) is 64.3 Å². The maximum absolute atomic E-state index is 11.7. The lowest BCUT2D eigenvalue weighted by Gasteiger charge is -2.25. The van der Waals surface area contributed by atoms with Gasteiger partial charge in [0.05, 0.1) is 6.04 Å². The van der Waals surface area contributed by atoms with Gasteiger partial charge in [0.25, 0.3) is 0 Å². The molecule has 0 spiro atoms. The fraction of sp³-hybridized carbons (Fsp3) is 0.435. The molecule has 0 unspecified atom stereocenters. The Balaban J connectivity index is 1.76. The second-order valence-corrected chi connectivity index (χ2v) is 7.67. The standard InChI is InChI=1S/C23H30N2O2/c1-16(2)22(23(24)26)25-14-18-12-13-21(20-11-7-6-10-19(18)20)27-15-17-8-4-3-5-9-17/h3-5,8-9,12-13,16,22,25H,6-7,10-11,14-15H2,1-2H3,(H2,24,26)/t22-/m0/s1. The molecule has 144 valence electrons.